The van der Waals surface area contributed by atoms with Crippen molar-refractivity contribution in [2.75, 3.05) is 0 Å². The molecule has 1 N–H and O–H groups in total. The first-order valence-electron chi connectivity index (χ1n) is 8.08. The minimum Gasteiger partial charge on any atom is -0.481 e. The zero-order chi connectivity index (χ0) is 21.9. The third-order valence-corrected chi connectivity index (χ3v) is 4.06. The van der Waals surface area contributed by atoms with Gasteiger partial charge in [-0.3, -0.25) is 4.79 Å². The number of aliphatic carboxylic acids is 1. The first-order valence-corrected chi connectivity index (χ1v) is 8.08. The second-order valence-corrected chi connectivity index (χ2v) is 6.10. The second-order valence-electron chi connectivity index (χ2n) is 6.10. The average Bonchev–Trinajstić information content (AvgIpc) is 2.60. The first-order chi connectivity index (χ1) is 13.4. The number of benzene rings is 2. The summed E-state index contributed by atoms with van der Waals surface area (Å²) in [4.78, 5) is 23.1. The zero-order valence-corrected chi connectivity index (χ0v) is 14.6. The molecular weight excluding hydrogens is 406 g/mol. The number of carboxylic acid groups (broad SMARTS) is 1. The molecule has 0 aliphatic heterocycles. The smallest absolute Gasteiger partial charge is 0.438 e. The Balaban J connectivity index is 2.46. The third-order valence-electron chi connectivity index (χ3n) is 4.06. The first kappa shape index (κ1) is 22.3. The maximum atomic E-state index is 13.3. The quantitative estimate of drug-likeness (QED) is 0.540. The van der Waals surface area contributed by atoms with Gasteiger partial charge in [0.2, 0.25) is 0 Å². The van der Waals surface area contributed by atoms with Crippen LogP contribution in [0.5, 0.6) is 0 Å². The molecule has 0 atom stereocenters. The standard InChI is InChI=1S/C19H14F6O4/c20-18(21,22)17(11-15(26)27,19(23,24)25)29-16(28)14-9-5-4-8-13(14)10-12-6-2-1-3-7-12/h1-9H,10-11H2,(H,26,27). The summed E-state index contributed by atoms with van der Waals surface area (Å²) in [5, 5.41) is 8.62. The zero-order valence-electron chi connectivity index (χ0n) is 14.6. The Hall–Kier alpha value is -3.04. The van der Waals surface area contributed by atoms with Gasteiger partial charge in [0.25, 0.3) is 0 Å². The van der Waals surface area contributed by atoms with Crippen LogP contribution >= 0.6 is 0 Å². The molecule has 0 aromatic heterocycles. The van der Waals surface area contributed by atoms with Gasteiger partial charge in [-0.05, 0) is 23.6 Å². The van der Waals surface area contributed by atoms with Crippen LogP contribution < -0.4 is 0 Å². The van der Waals surface area contributed by atoms with Gasteiger partial charge >= 0.3 is 29.9 Å². The highest BCUT2D eigenvalue weighted by Gasteiger charge is 2.75. The highest BCUT2D eigenvalue weighted by atomic mass is 19.4. The number of rotatable bonds is 6. The van der Waals surface area contributed by atoms with Crippen molar-refractivity contribution in [3.05, 3.63) is 71.3 Å². The molecule has 0 aliphatic carbocycles. The van der Waals surface area contributed by atoms with Crippen molar-refractivity contribution in [2.45, 2.75) is 30.8 Å². The van der Waals surface area contributed by atoms with E-state index >= 15 is 0 Å². The van der Waals surface area contributed by atoms with E-state index in [4.69, 9.17) is 5.11 Å². The summed E-state index contributed by atoms with van der Waals surface area (Å²) in [6, 6.07) is 13.4. The normalized spacial score (nSPS) is 12.5. The van der Waals surface area contributed by atoms with Crippen LogP contribution in [-0.4, -0.2) is 35.0 Å². The third kappa shape index (κ3) is 4.87. The molecule has 29 heavy (non-hydrogen) atoms. The maximum absolute atomic E-state index is 13.3. The van der Waals surface area contributed by atoms with Gasteiger partial charge in [0, 0.05) is 0 Å². The second kappa shape index (κ2) is 8.14. The fourth-order valence-electron chi connectivity index (χ4n) is 2.63. The molecule has 0 fully saturated rings. The van der Waals surface area contributed by atoms with E-state index in [0.717, 1.165) is 6.07 Å². The Kier molecular flexibility index (Phi) is 6.24. The Labute approximate surface area is 160 Å². The average molecular weight is 420 g/mol. The summed E-state index contributed by atoms with van der Waals surface area (Å²) in [6.07, 6.45) is -14.9. The number of alkyl halides is 6. The van der Waals surface area contributed by atoms with Gasteiger partial charge in [0.15, 0.2) is 0 Å². The molecule has 0 amide bonds. The number of carbonyl (C=O) groups excluding carboxylic acids is 1. The van der Waals surface area contributed by atoms with E-state index < -0.39 is 41.9 Å². The number of ether oxygens (including phenoxy) is 1. The lowest BCUT2D eigenvalue weighted by Crippen LogP contribution is -2.60. The summed E-state index contributed by atoms with van der Waals surface area (Å²) < 4.78 is 83.6. The number of carboxylic acids is 1. The topological polar surface area (TPSA) is 63.6 Å². The minimum atomic E-state index is -6.20. The highest BCUT2D eigenvalue weighted by molar-refractivity contribution is 5.92. The van der Waals surface area contributed by atoms with Crippen LogP contribution in [0.25, 0.3) is 0 Å². The highest BCUT2D eigenvalue weighted by Crippen LogP contribution is 2.48. The van der Waals surface area contributed by atoms with Crippen LogP contribution in [0.3, 0.4) is 0 Å². The van der Waals surface area contributed by atoms with E-state index in [-0.39, 0.29) is 12.0 Å². The largest absolute Gasteiger partial charge is 0.481 e. The number of carbonyl (C=O) groups is 2. The van der Waals surface area contributed by atoms with Crippen molar-refractivity contribution >= 4 is 11.9 Å². The molecule has 156 valence electrons. The van der Waals surface area contributed by atoms with Gasteiger partial charge < -0.3 is 9.84 Å². The van der Waals surface area contributed by atoms with Gasteiger partial charge in [0.05, 0.1) is 5.56 Å². The van der Waals surface area contributed by atoms with E-state index in [9.17, 15) is 35.9 Å². The number of hydrogen-bond donors (Lipinski definition) is 1. The molecule has 10 heteroatoms. The van der Waals surface area contributed by atoms with Gasteiger partial charge in [-0.1, -0.05) is 48.5 Å². The van der Waals surface area contributed by atoms with Crippen LogP contribution in [0.15, 0.2) is 54.6 Å². The summed E-state index contributed by atoms with van der Waals surface area (Å²) in [5.74, 6) is -4.35. The molecule has 0 spiro atoms. The van der Waals surface area contributed by atoms with E-state index in [1.165, 1.54) is 18.2 Å². The van der Waals surface area contributed by atoms with Gasteiger partial charge in [-0.15, -0.1) is 0 Å². The van der Waals surface area contributed by atoms with E-state index in [1.54, 1.807) is 30.3 Å². The summed E-state index contributed by atoms with van der Waals surface area (Å²) in [5.41, 5.74) is -4.93. The monoisotopic (exact) mass is 420 g/mol. The molecule has 2 rings (SSSR count). The molecule has 0 unspecified atom stereocenters. The van der Waals surface area contributed by atoms with Crippen molar-refractivity contribution in [3.8, 4) is 0 Å². The van der Waals surface area contributed by atoms with Crippen molar-refractivity contribution < 1.29 is 45.8 Å². The molecule has 0 saturated carbocycles. The van der Waals surface area contributed by atoms with Crippen LogP contribution in [0.1, 0.15) is 27.9 Å². The predicted octanol–water partition coefficient (Wildman–Crippen LogP) is 4.77. The molecule has 4 nitrogen and oxygen atoms in total. The fraction of sp³-hybridized carbons (Fsp3) is 0.263. The number of esters is 1. The maximum Gasteiger partial charge on any atom is 0.438 e. The molecule has 0 heterocycles. The fourth-order valence-corrected chi connectivity index (χ4v) is 2.63. The van der Waals surface area contributed by atoms with Gasteiger partial charge in [0.1, 0.15) is 6.42 Å². The minimum absolute atomic E-state index is 0.0378. The molecule has 0 radical (unpaired) electrons. The summed E-state index contributed by atoms with van der Waals surface area (Å²) >= 11 is 0. The number of halogens is 6. The Morgan fingerprint density at radius 3 is 1.86 bits per heavy atom. The summed E-state index contributed by atoms with van der Waals surface area (Å²) in [7, 11) is 0. The van der Waals surface area contributed by atoms with E-state index in [1.807, 2.05) is 0 Å². The van der Waals surface area contributed by atoms with Gasteiger partial charge in [-0.25, -0.2) is 4.79 Å². The molecule has 2 aromatic carbocycles. The lowest BCUT2D eigenvalue weighted by atomic mass is 9.96. The molecule has 0 saturated heterocycles. The van der Waals surface area contributed by atoms with Gasteiger partial charge in [-0.2, -0.15) is 26.3 Å². The van der Waals surface area contributed by atoms with Crippen molar-refractivity contribution in [1.82, 2.24) is 0 Å². The Morgan fingerprint density at radius 2 is 1.34 bits per heavy atom. The van der Waals surface area contributed by atoms with Crippen LogP contribution in [0.4, 0.5) is 26.3 Å². The van der Waals surface area contributed by atoms with Crippen molar-refractivity contribution in [2.24, 2.45) is 0 Å². The van der Waals surface area contributed by atoms with Crippen molar-refractivity contribution in [1.29, 1.82) is 0 Å². The van der Waals surface area contributed by atoms with E-state index in [0.29, 0.717) is 5.56 Å². The molecule has 2 aromatic rings. The molecule has 0 bridgehead atoms. The number of hydrogen-bond acceptors (Lipinski definition) is 3. The molecule has 0 aliphatic rings. The van der Waals surface area contributed by atoms with E-state index in [2.05, 4.69) is 4.74 Å². The summed E-state index contributed by atoms with van der Waals surface area (Å²) in [6.45, 7) is 0. The Morgan fingerprint density at radius 1 is 0.828 bits per heavy atom. The Bertz CT molecular complexity index is 860. The van der Waals surface area contributed by atoms with Crippen LogP contribution in [-0.2, 0) is 16.0 Å². The lowest BCUT2D eigenvalue weighted by Gasteiger charge is -2.35. The predicted molar refractivity (Wildman–Crippen MR) is 88.2 cm³/mol. The molecular formula is C19H14F6O4. The lowest BCUT2D eigenvalue weighted by molar-refractivity contribution is -0.365. The van der Waals surface area contributed by atoms with Crippen LogP contribution in [0, 0.1) is 0 Å². The SMILES string of the molecule is O=C(O)CC(OC(=O)c1ccccc1Cc1ccccc1)(C(F)(F)F)C(F)(F)F. The van der Waals surface area contributed by atoms with Crippen molar-refractivity contribution in [3.63, 3.8) is 0 Å². The van der Waals surface area contributed by atoms with Crippen LogP contribution in [0.2, 0.25) is 0 Å².